The number of carbonyl (C=O) groups is 3. The number of Topliss-reactive ketones (excluding diaryl/α,β-unsaturated/α-hetero) is 1. The first-order valence-corrected chi connectivity index (χ1v) is 9.69. The number of rotatable bonds is 8. The van der Waals surface area contributed by atoms with Crippen LogP contribution in [-0.4, -0.2) is 33.4 Å². The maximum absolute atomic E-state index is 13.1. The quantitative estimate of drug-likeness (QED) is 0.563. The molecule has 0 aliphatic heterocycles. The Hall–Kier alpha value is -3.74. The number of hydrogen-bond acceptors (Lipinski definition) is 4. The summed E-state index contributed by atoms with van der Waals surface area (Å²) in [5.41, 5.74) is 7.63. The predicted octanol–water partition coefficient (Wildman–Crippen LogP) is 2.53. The molecule has 0 saturated carbocycles. The van der Waals surface area contributed by atoms with E-state index in [1.165, 1.54) is 0 Å². The lowest BCUT2D eigenvalue weighted by Gasteiger charge is -2.16. The number of nitrogens with two attached hydrogens (primary N) is 1. The van der Waals surface area contributed by atoms with Crippen LogP contribution in [0.2, 0.25) is 0 Å². The van der Waals surface area contributed by atoms with Crippen molar-refractivity contribution in [2.75, 3.05) is 0 Å². The Morgan fingerprint density at radius 2 is 1.60 bits per heavy atom. The molecular weight excluding hydrogens is 380 g/mol. The fourth-order valence-corrected chi connectivity index (χ4v) is 3.10. The van der Waals surface area contributed by atoms with Crippen LogP contribution < -0.4 is 11.1 Å². The van der Waals surface area contributed by atoms with Gasteiger partial charge in [0.2, 0.25) is 5.78 Å². The number of benzene rings is 2. The van der Waals surface area contributed by atoms with Crippen LogP contribution in [0.25, 0.3) is 11.3 Å². The van der Waals surface area contributed by atoms with Crippen molar-refractivity contribution >= 4 is 17.6 Å². The van der Waals surface area contributed by atoms with E-state index >= 15 is 0 Å². The molecule has 3 aromatic rings. The number of carbonyl (C=O) groups excluding carboxylic acids is 3. The number of hydrogen-bond donors (Lipinski definition) is 2. The Morgan fingerprint density at radius 1 is 1.00 bits per heavy atom. The molecule has 0 radical (unpaired) electrons. The Morgan fingerprint density at radius 3 is 2.17 bits per heavy atom. The van der Waals surface area contributed by atoms with Gasteiger partial charge in [-0.15, -0.1) is 0 Å². The van der Waals surface area contributed by atoms with Gasteiger partial charge in [-0.1, -0.05) is 60.7 Å². The van der Waals surface area contributed by atoms with Crippen molar-refractivity contribution in [3.8, 4) is 11.3 Å². The molecule has 1 aromatic heterocycles. The van der Waals surface area contributed by atoms with Gasteiger partial charge in [-0.25, -0.2) is 0 Å². The number of amides is 2. The van der Waals surface area contributed by atoms with Crippen molar-refractivity contribution in [3.63, 3.8) is 0 Å². The molecule has 1 atom stereocenters. The third-order valence-corrected chi connectivity index (χ3v) is 4.70. The summed E-state index contributed by atoms with van der Waals surface area (Å²) >= 11 is 0. The molecule has 0 aliphatic rings. The molecule has 154 valence electrons. The van der Waals surface area contributed by atoms with Gasteiger partial charge < -0.3 is 11.1 Å². The summed E-state index contributed by atoms with van der Waals surface area (Å²) in [6, 6.07) is 17.4. The monoisotopic (exact) mass is 404 g/mol. The van der Waals surface area contributed by atoms with Crippen LogP contribution >= 0.6 is 0 Å². The molecule has 0 aliphatic carbocycles. The van der Waals surface area contributed by atoms with Gasteiger partial charge >= 0.3 is 0 Å². The zero-order valence-electron chi connectivity index (χ0n) is 16.9. The lowest BCUT2D eigenvalue weighted by atomic mass is 10.0. The molecular formula is C23H24N4O3. The Balaban J connectivity index is 1.93. The second kappa shape index (κ2) is 9.17. The zero-order chi connectivity index (χ0) is 21.7. The molecule has 1 heterocycles. The van der Waals surface area contributed by atoms with Crippen LogP contribution in [0.3, 0.4) is 0 Å². The summed E-state index contributed by atoms with van der Waals surface area (Å²) < 4.78 is 1.69. The van der Waals surface area contributed by atoms with Crippen molar-refractivity contribution in [3.05, 3.63) is 78.0 Å². The third-order valence-electron chi connectivity index (χ3n) is 4.70. The summed E-state index contributed by atoms with van der Waals surface area (Å²) in [6.07, 6.45) is 1.81. The molecule has 0 bridgehead atoms. The second-order valence-electron chi connectivity index (χ2n) is 7.28. The zero-order valence-corrected chi connectivity index (χ0v) is 16.9. The fourth-order valence-electron chi connectivity index (χ4n) is 3.10. The van der Waals surface area contributed by atoms with E-state index in [0.717, 1.165) is 11.1 Å². The van der Waals surface area contributed by atoms with Crippen LogP contribution in [-0.2, 0) is 16.0 Å². The molecule has 7 heteroatoms. The number of nitrogens with zero attached hydrogens (tertiary/aromatic N) is 2. The molecule has 3 rings (SSSR count). The van der Waals surface area contributed by atoms with Crippen LogP contribution in [0.5, 0.6) is 0 Å². The topological polar surface area (TPSA) is 107 Å². The number of aromatic nitrogens is 2. The van der Waals surface area contributed by atoms with Crippen molar-refractivity contribution in [1.82, 2.24) is 15.1 Å². The minimum absolute atomic E-state index is 0.0429. The molecule has 30 heavy (non-hydrogen) atoms. The van der Waals surface area contributed by atoms with Crippen molar-refractivity contribution in [1.29, 1.82) is 0 Å². The maximum atomic E-state index is 13.1. The first-order chi connectivity index (χ1) is 14.4. The van der Waals surface area contributed by atoms with Crippen LogP contribution in [0.15, 0.2) is 66.9 Å². The Bertz CT molecular complexity index is 1040. The predicted molar refractivity (Wildman–Crippen MR) is 114 cm³/mol. The highest BCUT2D eigenvalue weighted by molar-refractivity contribution is 6.38. The van der Waals surface area contributed by atoms with Crippen molar-refractivity contribution in [2.45, 2.75) is 32.4 Å². The van der Waals surface area contributed by atoms with E-state index < -0.39 is 23.6 Å². The number of ketones is 1. The highest BCUT2D eigenvalue weighted by Gasteiger charge is 2.28. The lowest BCUT2D eigenvalue weighted by molar-refractivity contribution is -0.137. The first kappa shape index (κ1) is 21.0. The van der Waals surface area contributed by atoms with Gasteiger partial charge in [0.25, 0.3) is 11.8 Å². The normalized spacial score (nSPS) is 11.8. The van der Waals surface area contributed by atoms with Gasteiger partial charge in [0.1, 0.15) is 11.7 Å². The lowest BCUT2D eigenvalue weighted by Crippen LogP contribution is -2.47. The molecule has 2 aromatic carbocycles. The SMILES string of the molecule is CC(C)n1cc(C(=O)N[C@@H](Cc2ccccc2)C(=O)C(N)=O)c(-c2ccccc2)n1. The van der Waals surface area contributed by atoms with Crippen LogP contribution in [0.1, 0.15) is 35.8 Å². The standard InChI is InChI=1S/C23H24N4O3/c1-15(2)27-14-18(20(26-27)17-11-7-4-8-12-17)23(30)25-19(21(28)22(24)29)13-16-9-5-3-6-10-16/h3-12,14-15,19H,13H2,1-2H3,(H2,24,29)(H,25,30)/t19-/m0/s1. The van der Waals surface area contributed by atoms with E-state index in [0.29, 0.717) is 11.3 Å². The van der Waals surface area contributed by atoms with E-state index in [-0.39, 0.29) is 12.5 Å². The second-order valence-corrected chi connectivity index (χ2v) is 7.28. The summed E-state index contributed by atoms with van der Waals surface area (Å²) in [5.74, 6) is -2.42. The van der Waals surface area contributed by atoms with Gasteiger partial charge in [-0.2, -0.15) is 5.10 Å². The largest absolute Gasteiger partial charge is 0.363 e. The highest BCUT2D eigenvalue weighted by Crippen LogP contribution is 2.23. The van der Waals surface area contributed by atoms with Crippen LogP contribution in [0, 0.1) is 0 Å². The summed E-state index contributed by atoms with van der Waals surface area (Å²) in [6.45, 7) is 3.91. The van der Waals surface area contributed by atoms with Gasteiger partial charge in [-0.3, -0.25) is 19.1 Å². The minimum Gasteiger partial charge on any atom is -0.363 e. The van der Waals surface area contributed by atoms with E-state index in [2.05, 4.69) is 10.4 Å². The van der Waals surface area contributed by atoms with E-state index in [4.69, 9.17) is 5.73 Å². The van der Waals surface area contributed by atoms with Gasteiger partial charge in [0.05, 0.1) is 5.56 Å². The van der Waals surface area contributed by atoms with E-state index in [1.807, 2.05) is 74.5 Å². The molecule has 0 spiro atoms. The number of nitrogens with one attached hydrogen (secondary N) is 1. The fraction of sp³-hybridized carbons (Fsp3) is 0.217. The van der Waals surface area contributed by atoms with Crippen molar-refractivity contribution < 1.29 is 14.4 Å². The first-order valence-electron chi connectivity index (χ1n) is 9.69. The Kier molecular flexibility index (Phi) is 6.41. The van der Waals surface area contributed by atoms with E-state index in [9.17, 15) is 14.4 Å². The van der Waals surface area contributed by atoms with Gasteiger partial charge in [-0.05, 0) is 19.4 Å². The third kappa shape index (κ3) is 4.81. The average molecular weight is 404 g/mol. The summed E-state index contributed by atoms with van der Waals surface area (Å²) in [7, 11) is 0. The maximum Gasteiger partial charge on any atom is 0.287 e. The van der Waals surface area contributed by atoms with Gasteiger partial charge in [0.15, 0.2) is 0 Å². The summed E-state index contributed by atoms with van der Waals surface area (Å²) in [5, 5.41) is 7.23. The average Bonchev–Trinajstić information content (AvgIpc) is 3.20. The Labute approximate surface area is 174 Å². The molecule has 7 nitrogen and oxygen atoms in total. The minimum atomic E-state index is -1.09. The molecule has 0 unspecified atom stereocenters. The number of primary amides is 1. The molecule has 2 amide bonds. The van der Waals surface area contributed by atoms with Crippen LogP contribution in [0.4, 0.5) is 0 Å². The molecule has 0 saturated heterocycles. The smallest absolute Gasteiger partial charge is 0.287 e. The highest BCUT2D eigenvalue weighted by atomic mass is 16.2. The molecule has 3 N–H and O–H groups in total. The molecule has 0 fully saturated rings. The van der Waals surface area contributed by atoms with Crippen molar-refractivity contribution in [2.24, 2.45) is 5.73 Å². The van der Waals surface area contributed by atoms with E-state index in [1.54, 1.807) is 10.9 Å². The van der Waals surface area contributed by atoms with Gasteiger partial charge in [0, 0.05) is 24.2 Å². The summed E-state index contributed by atoms with van der Waals surface area (Å²) in [4.78, 5) is 37.0.